The molecule has 21 heavy (non-hydrogen) atoms. The van der Waals surface area contributed by atoms with Gasteiger partial charge in [-0.25, -0.2) is 0 Å². The van der Waals surface area contributed by atoms with E-state index in [0.717, 1.165) is 47.0 Å². The third-order valence-corrected chi connectivity index (χ3v) is 5.40. The van der Waals surface area contributed by atoms with Crippen molar-refractivity contribution in [2.45, 2.75) is 19.4 Å². The van der Waals surface area contributed by atoms with Gasteiger partial charge in [-0.2, -0.15) is 0 Å². The summed E-state index contributed by atoms with van der Waals surface area (Å²) in [6, 6.07) is 4.78. The Morgan fingerprint density at radius 1 is 1.38 bits per heavy atom. The standard InChI is InChI=1S/C16H19BrN4/c1-2-14-12-8-18-6-10(12)9-21(14)15-3-4-19-13-5-11(17)7-20-16(13)15/h3-5,7,10,12,14,18H,2,6,8-9H2,1H3. The van der Waals surface area contributed by atoms with E-state index in [4.69, 9.17) is 0 Å². The fraction of sp³-hybridized carbons (Fsp3) is 0.500. The maximum Gasteiger partial charge on any atom is 0.112 e. The van der Waals surface area contributed by atoms with E-state index in [1.165, 1.54) is 12.1 Å². The molecule has 3 unspecified atom stereocenters. The van der Waals surface area contributed by atoms with Crippen molar-refractivity contribution in [2.75, 3.05) is 24.5 Å². The van der Waals surface area contributed by atoms with E-state index in [9.17, 15) is 0 Å². The molecule has 2 aliphatic rings. The zero-order valence-corrected chi connectivity index (χ0v) is 13.7. The first kappa shape index (κ1) is 13.5. The van der Waals surface area contributed by atoms with Crippen LogP contribution in [0.1, 0.15) is 13.3 Å². The lowest BCUT2D eigenvalue weighted by molar-refractivity contribution is 0.442. The molecule has 0 radical (unpaired) electrons. The number of nitrogens with one attached hydrogen (secondary N) is 1. The number of rotatable bonds is 2. The van der Waals surface area contributed by atoms with E-state index in [2.05, 4.69) is 49.1 Å². The Bertz CT molecular complexity index is 674. The Morgan fingerprint density at radius 2 is 2.29 bits per heavy atom. The van der Waals surface area contributed by atoms with Crippen LogP contribution in [0.4, 0.5) is 5.69 Å². The summed E-state index contributed by atoms with van der Waals surface area (Å²) in [5.41, 5.74) is 3.23. The van der Waals surface area contributed by atoms with Crippen LogP contribution in [0.25, 0.3) is 11.0 Å². The van der Waals surface area contributed by atoms with E-state index >= 15 is 0 Å². The van der Waals surface area contributed by atoms with Crippen LogP contribution in [0.5, 0.6) is 0 Å². The molecular weight excluding hydrogens is 328 g/mol. The van der Waals surface area contributed by atoms with Gasteiger partial charge < -0.3 is 10.2 Å². The molecule has 2 aromatic rings. The lowest BCUT2D eigenvalue weighted by Gasteiger charge is -2.29. The summed E-state index contributed by atoms with van der Waals surface area (Å²) < 4.78 is 0.981. The summed E-state index contributed by atoms with van der Waals surface area (Å²) in [5, 5.41) is 3.54. The molecule has 0 saturated carbocycles. The van der Waals surface area contributed by atoms with E-state index in [1.54, 1.807) is 0 Å². The minimum atomic E-state index is 0.612. The number of pyridine rings is 2. The largest absolute Gasteiger partial charge is 0.366 e. The fourth-order valence-corrected chi connectivity index (χ4v) is 4.37. The number of nitrogens with zero attached hydrogens (tertiary/aromatic N) is 3. The van der Waals surface area contributed by atoms with E-state index in [1.807, 2.05) is 18.5 Å². The normalized spacial score (nSPS) is 28.3. The lowest BCUT2D eigenvalue weighted by atomic mass is 9.93. The highest BCUT2D eigenvalue weighted by atomic mass is 79.9. The van der Waals surface area contributed by atoms with E-state index < -0.39 is 0 Å². The molecule has 1 N–H and O–H groups in total. The van der Waals surface area contributed by atoms with Crippen molar-refractivity contribution in [2.24, 2.45) is 11.8 Å². The quantitative estimate of drug-likeness (QED) is 0.907. The van der Waals surface area contributed by atoms with Crippen molar-refractivity contribution < 1.29 is 0 Å². The second kappa shape index (κ2) is 5.21. The molecule has 2 aliphatic heterocycles. The molecule has 0 spiro atoms. The SMILES string of the molecule is CCC1C2CNCC2CN1c1ccnc2cc(Br)cnc12. The number of anilines is 1. The third-order valence-electron chi connectivity index (χ3n) is 4.97. The van der Waals surface area contributed by atoms with Crippen molar-refractivity contribution in [3.8, 4) is 0 Å². The number of hydrogen-bond acceptors (Lipinski definition) is 4. The lowest BCUT2D eigenvalue weighted by Crippen LogP contribution is -2.35. The van der Waals surface area contributed by atoms with Crippen LogP contribution in [-0.2, 0) is 0 Å². The predicted octanol–water partition coefficient (Wildman–Crippen LogP) is 2.83. The van der Waals surface area contributed by atoms with Crippen molar-refractivity contribution >= 4 is 32.7 Å². The average Bonchev–Trinajstić information content (AvgIpc) is 3.06. The van der Waals surface area contributed by atoms with Crippen LogP contribution in [0.2, 0.25) is 0 Å². The number of fused-ring (bicyclic) bond motifs is 2. The molecule has 3 atom stereocenters. The van der Waals surface area contributed by atoms with Crippen molar-refractivity contribution in [3.05, 3.63) is 29.0 Å². The van der Waals surface area contributed by atoms with Gasteiger partial charge in [0.05, 0.1) is 11.2 Å². The van der Waals surface area contributed by atoms with E-state index in [0.29, 0.717) is 6.04 Å². The molecule has 5 heteroatoms. The molecule has 0 aromatic carbocycles. The second-order valence-corrected chi connectivity index (χ2v) is 6.98. The molecule has 4 nitrogen and oxygen atoms in total. The summed E-state index contributed by atoms with van der Waals surface area (Å²) in [5.74, 6) is 1.54. The molecule has 2 fully saturated rings. The van der Waals surface area contributed by atoms with Gasteiger partial charge in [-0.15, -0.1) is 0 Å². The molecule has 0 amide bonds. The smallest absolute Gasteiger partial charge is 0.112 e. The molecular formula is C16H19BrN4. The summed E-state index contributed by atoms with van der Waals surface area (Å²) >= 11 is 3.48. The van der Waals surface area contributed by atoms with Gasteiger partial charge in [-0.1, -0.05) is 6.92 Å². The van der Waals surface area contributed by atoms with Gasteiger partial charge in [0.1, 0.15) is 5.52 Å². The topological polar surface area (TPSA) is 41.0 Å². The second-order valence-electron chi connectivity index (χ2n) is 6.06. The van der Waals surface area contributed by atoms with Crippen LogP contribution < -0.4 is 10.2 Å². The minimum absolute atomic E-state index is 0.612. The highest BCUT2D eigenvalue weighted by Gasteiger charge is 2.43. The Balaban J connectivity index is 1.79. The first-order chi connectivity index (χ1) is 10.3. The molecule has 2 aromatic heterocycles. The van der Waals surface area contributed by atoms with Gasteiger partial charge in [0, 0.05) is 42.5 Å². The van der Waals surface area contributed by atoms with Gasteiger partial charge >= 0.3 is 0 Å². The molecule has 0 aliphatic carbocycles. The average molecular weight is 347 g/mol. The number of halogens is 1. The van der Waals surface area contributed by atoms with Crippen molar-refractivity contribution in [3.63, 3.8) is 0 Å². The maximum atomic E-state index is 4.62. The summed E-state index contributed by atoms with van der Waals surface area (Å²) in [6.45, 7) is 5.74. The van der Waals surface area contributed by atoms with Crippen LogP contribution in [0.15, 0.2) is 29.0 Å². The fourth-order valence-electron chi connectivity index (χ4n) is 4.05. The molecule has 110 valence electrons. The zero-order chi connectivity index (χ0) is 14.4. The molecule has 0 bridgehead atoms. The molecule has 4 heterocycles. The monoisotopic (exact) mass is 346 g/mol. The number of aromatic nitrogens is 2. The highest BCUT2D eigenvalue weighted by Crippen LogP contribution is 2.39. The maximum absolute atomic E-state index is 4.62. The van der Waals surface area contributed by atoms with Gasteiger partial charge in [-0.3, -0.25) is 9.97 Å². The van der Waals surface area contributed by atoms with Crippen LogP contribution in [-0.4, -0.2) is 35.6 Å². The van der Waals surface area contributed by atoms with Crippen molar-refractivity contribution in [1.29, 1.82) is 0 Å². The van der Waals surface area contributed by atoms with E-state index in [-0.39, 0.29) is 0 Å². The van der Waals surface area contributed by atoms with Crippen LogP contribution in [0.3, 0.4) is 0 Å². The van der Waals surface area contributed by atoms with Crippen molar-refractivity contribution in [1.82, 2.24) is 15.3 Å². The van der Waals surface area contributed by atoms with Crippen LogP contribution in [0, 0.1) is 11.8 Å². The van der Waals surface area contributed by atoms with Gasteiger partial charge in [0.25, 0.3) is 0 Å². The Labute approximate surface area is 133 Å². The van der Waals surface area contributed by atoms with Gasteiger partial charge in [0.15, 0.2) is 0 Å². The summed E-state index contributed by atoms with van der Waals surface area (Å²) in [4.78, 5) is 11.7. The summed E-state index contributed by atoms with van der Waals surface area (Å²) in [7, 11) is 0. The first-order valence-corrected chi connectivity index (χ1v) is 8.45. The van der Waals surface area contributed by atoms with Gasteiger partial charge in [0.2, 0.25) is 0 Å². The molecule has 4 rings (SSSR count). The number of hydrogen-bond donors (Lipinski definition) is 1. The Hall–Kier alpha value is -1.20. The molecule has 2 saturated heterocycles. The Kier molecular flexibility index (Phi) is 3.34. The predicted molar refractivity (Wildman–Crippen MR) is 88.5 cm³/mol. The van der Waals surface area contributed by atoms with Gasteiger partial charge in [-0.05, 0) is 46.3 Å². The highest BCUT2D eigenvalue weighted by molar-refractivity contribution is 9.10. The summed E-state index contributed by atoms with van der Waals surface area (Å²) in [6.07, 6.45) is 4.96. The van der Waals surface area contributed by atoms with Crippen LogP contribution >= 0.6 is 15.9 Å². The first-order valence-electron chi connectivity index (χ1n) is 7.65. The third kappa shape index (κ3) is 2.14. The zero-order valence-electron chi connectivity index (χ0n) is 12.1. The minimum Gasteiger partial charge on any atom is -0.366 e. The Morgan fingerprint density at radius 3 is 3.14 bits per heavy atom.